The van der Waals surface area contributed by atoms with Crippen molar-refractivity contribution in [3.63, 3.8) is 0 Å². The molecule has 180 valence electrons. The highest BCUT2D eigenvalue weighted by atomic mass is 79.9. The predicted molar refractivity (Wildman–Crippen MR) is 147 cm³/mol. The number of hydrogen-bond acceptors (Lipinski definition) is 5. The Bertz CT molecular complexity index is 1450. The standard InChI is InChI=1S/C27H25Br2N3O3/c1-4-26-31-23-11-10-20(28)13-21(23)27(33)32(26)30-15-19-12-24(34-5-2)25(14-22(19)29)35-16-18-8-6-17(3)7-9-18/h6-15H,4-5,16H2,1-3H3. The molecule has 0 spiro atoms. The van der Waals surface area contributed by atoms with Crippen LogP contribution in [0.1, 0.15) is 36.4 Å². The molecule has 0 atom stereocenters. The molecule has 1 aromatic heterocycles. The molecule has 0 N–H and O–H groups in total. The number of rotatable bonds is 8. The lowest BCUT2D eigenvalue weighted by atomic mass is 10.1. The highest BCUT2D eigenvalue weighted by Crippen LogP contribution is 2.34. The SMILES string of the molecule is CCOc1cc(C=Nn2c(CC)nc3ccc(Br)cc3c2=O)c(Br)cc1OCc1ccc(C)cc1. The molecule has 35 heavy (non-hydrogen) atoms. The van der Waals surface area contributed by atoms with E-state index < -0.39 is 0 Å². The van der Waals surface area contributed by atoms with Gasteiger partial charge in [0.25, 0.3) is 5.56 Å². The zero-order valence-corrected chi connectivity index (χ0v) is 22.9. The van der Waals surface area contributed by atoms with E-state index in [0.29, 0.717) is 47.9 Å². The Morgan fingerprint density at radius 1 is 1.00 bits per heavy atom. The zero-order valence-electron chi connectivity index (χ0n) is 19.7. The number of hydrogen-bond donors (Lipinski definition) is 0. The Morgan fingerprint density at radius 3 is 2.46 bits per heavy atom. The second-order valence-corrected chi connectivity index (χ2v) is 9.70. The molecule has 8 heteroatoms. The molecule has 4 rings (SSSR count). The molecule has 0 aliphatic heterocycles. The van der Waals surface area contributed by atoms with Crippen molar-refractivity contribution in [1.82, 2.24) is 9.66 Å². The average molecular weight is 599 g/mol. The van der Waals surface area contributed by atoms with Gasteiger partial charge >= 0.3 is 0 Å². The largest absolute Gasteiger partial charge is 0.490 e. The third-order valence-electron chi connectivity index (χ3n) is 5.38. The van der Waals surface area contributed by atoms with Crippen molar-refractivity contribution in [2.45, 2.75) is 33.8 Å². The maximum atomic E-state index is 13.2. The third-order valence-corrected chi connectivity index (χ3v) is 6.56. The first kappa shape index (κ1) is 25.1. The van der Waals surface area contributed by atoms with E-state index in [1.807, 2.05) is 50.2 Å². The summed E-state index contributed by atoms with van der Waals surface area (Å²) >= 11 is 7.03. The molecule has 0 radical (unpaired) electrons. The van der Waals surface area contributed by atoms with Gasteiger partial charge in [-0.2, -0.15) is 9.78 Å². The van der Waals surface area contributed by atoms with Crippen molar-refractivity contribution in [3.8, 4) is 11.5 Å². The molecule has 6 nitrogen and oxygen atoms in total. The molecule has 1 heterocycles. The molecular formula is C27H25Br2N3O3. The summed E-state index contributed by atoms with van der Waals surface area (Å²) in [6.45, 7) is 6.84. The number of fused-ring (bicyclic) bond motifs is 1. The maximum absolute atomic E-state index is 13.2. The van der Waals surface area contributed by atoms with E-state index in [4.69, 9.17) is 9.47 Å². The van der Waals surface area contributed by atoms with Crippen LogP contribution < -0.4 is 15.0 Å². The summed E-state index contributed by atoms with van der Waals surface area (Å²) in [6, 6.07) is 17.4. The normalized spacial score (nSPS) is 11.3. The van der Waals surface area contributed by atoms with Crippen LogP contribution >= 0.6 is 31.9 Å². The van der Waals surface area contributed by atoms with Crippen LogP contribution in [0.15, 0.2) is 73.4 Å². The fourth-order valence-electron chi connectivity index (χ4n) is 3.54. The Morgan fingerprint density at radius 2 is 1.74 bits per heavy atom. The van der Waals surface area contributed by atoms with Gasteiger partial charge in [0.2, 0.25) is 0 Å². The summed E-state index contributed by atoms with van der Waals surface area (Å²) in [6.07, 6.45) is 2.19. The first-order valence-electron chi connectivity index (χ1n) is 11.3. The van der Waals surface area contributed by atoms with Crippen LogP contribution in [0.5, 0.6) is 11.5 Å². The average Bonchev–Trinajstić information content (AvgIpc) is 2.85. The Hall–Kier alpha value is -2.97. The molecule has 0 bridgehead atoms. The van der Waals surface area contributed by atoms with Gasteiger partial charge in [-0.25, -0.2) is 4.98 Å². The Kier molecular flexibility index (Phi) is 8.03. The van der Waals surface area contributed by atoms with Gasteiger partial charge in [-0.3, -0.25) is 4.79 Å². The van der Waals surface area contributed by atoms with Gasteiger partial charge in [-0.15, -0.1) is 0 Å². The summed E-state index contributed by atoms with van der Waals surface area (Å²) in [5, 5.41) is 5.00. The Balaban J connectivity index is 1.67. The maximum Gasteiger partial charge on any atom is 0.282 e. The van der Waals surface area contributed by atoms with E-state index >= 15 is 0 Å². The van der Waals surface area contributed by atoms with Crippen LogP contribution in [0.4, 0.5) is 0 Å². The van der Waals surface area contributed by atoms with E-state index in [2.05, 4.69) is 61.0 Å². The van der Waals surface area contributed by atoms with E-state index in [-0.39, 0.29) is 5.56 Å². The van der Waals surface area contributed by atoms with Crippen LogP contribution in [0, 0.1) is 6.92 Å². The number of aromatic nitrogens is 2. The first-order chi connectivity index (χ1) is 16.9. The highest BCUT2D eigenvalue weighted by Gasteiger charge is 2.13. The smallest absolute Gasteiger partial charge is 0.282 e. The van der Waals surface area contributed by atoms with E-state index in [0.717, 1.165) is 20.1 Å². The highest BCUT2D eigenvalue weighted by molar-refractivity contribution is 9.10. The molecule has 0 saturated carbocycles. The number of halogens is 2. The minimum atomic E-state index is -0.219. The summed E-state index contributed by atoms with van der Waals surface area (Å²) in [4.78, 5) is 17.8. The summed E-state index contributed by atoms with van der Waals surface area (Å²) in [5.41, 5.74) is 3.45. The first-order valence-corrected chi connectivity index (χ1v) is 12.9. The third kappa shape index (κ3) is 5.82. The molecule has 0 aliphatic carbocycles. The summed E-state index contributed by atoms with van der Waals surface area (Å²) in [5.74, 6) is 1.81. The van der Waals surface area contributed by atoms with Gasteiger partial charge in [0.05, 0.1) is 23.7 Å². The quantitative estimate of drug-likeness (QED) is 0.213. The molecular weight excluding hydrogens is 574 g/mol. The van der Waals surface area contributed by atoms with Gasteiger partial charge in [-0.05, 0) is 65.7 Å². The van der Waals surface area contributed by atoms with Crippen molar-refractivity contribution in [2.24, 2.45) is 5.10 Å². The lowest BCUT2D eigenvalue weighted by molar-refractivity contribution is 0.269. The number of nitrogens with zero attached hydrogens (tertiary/aromatic N) is 3. The second kappa shape index (κ2) is 11.2. The Labute approximate surface area is 220 Å². The molecule has 0 saturated heterocycles. The summed E-state index contributed by atoms with van der Waals surface area (Å²) in [7, 11) is 0. The van der Waals surface area contributed by atoms with E-state index in [1.54, 1.807) is 12.3 Å². The van der Waals surface area contributed by atoms with Gasteiger partial charge in [-0.1, -0.05) is 52.7 Å². The van der Waals surface area contributed by atoms with Crippen LogP contribution in [0.2, 0.25) is 0 Å². The molecule has 4 aromatic rings. The minimum Gasteiger partial charge on any atom is -0.490 e. The number of ether oxygens (including phenoxy) is 2. The minimum absolute atomic E-state index is 0.219. The van der Waals surface area contributed by atoms with Gasteiger partial charge in [0.15, 0.2) is 11.5 Å². The number of benzene rings is 3. The number of aryl methyl sites for hydroxylation is 2. The molecule has 0 aliphatic rings. The molecule has 0 amide bonds. The molecule has 3 aromatic carbocycles. The second-order valence-electron chi connectivity index (χ2n) is 7.93. The van der Waals surface area contributed by atoms with Crippen LogP contribution in [-0.2, 0) is 13.0 Å². The molecule has 0 fully saturated rings. The molecule has 0 unspecified atom stereocenters. The van der Waals surface area contributed by atoms with E-state index in [1.165, 1.54) is 10.2 Å². The van der Waals surface area contributed by atoms with Gasteiger partial charge < -0.3 is 9.47 Å². The van der Waals surface area contributed by atoms with Crippen LogP contribution in [-0.4, -0.2) is 22.5 Å². The van der Waals surface area contributed by atoms with Gasteiger partial charge in [0, 0.05) is 20.9 Å². The van der Waals surface area contributed by atoms with Crippen molar-refractivity contribution < 1.29 is 9.47 Å². The topological polar surface area (TPSA) is 65.7 Å². The monoisotopic (exact) mass is 597 g/mol. The lowest BCUT2D eigenvalue weighted by Gasteiger charge is -2.14. The van der Waals surface area contributed by atoms with E-state index in [9.17, 15) is 4.79 Å². The fraction of sp³-hybridized carbons (Fsp3) is 0.222. The lowest BCUT2D eigenvalue weighted by Crippen LogP contribution is -2.22. The zero-order chi connectivity index (χ0) is 24.9. The van der Waals surface area contributed by atoms with Crippen molar-refractivity contribution in [2.75, 3.05) is 6.61 Å². The summed E-state index contributed by atoms with van der Waals surface area (Å²) < 4.78 is 14.8. The van der Waals surface area contributed by atoms with Crippen molar-refractivity contribution in [1.29, 1.82) is 0 Å². The van der Waals surface area contributed by atoms with Crippen molar-refractivity contribution >= 4 is 49.0 Å². The fourth-order valence-corrected chi connectivity index (χ4v) is 4.32. The van der Waals surface area contributed by atoms with Crippen LogP contribution in [0.3, 0.4) is 0 Å². The predicted octanol–water partition coefficient (Wildman–Crippen LogP) is 6.65. The van der Waals surface area contributed by atoms with Crippen molar-refractivity contribution in [3.05, 3.63) is 96.4 Å². The van der Waals surface area contributed by atoms with Crippen LogP contribution in [0.25, 0.3) is 10.9 Å². The van der Waals surface area contributed by atoms with Gasteiger partial charge in [0.1, 0.15) is 12.4 Å².